The highest BCUT2D eigenvalue weighted by molar-refractivity contribution is 6.07. The fraction of sp³-hybridized carbons (Fsp3) is 0.350. The summed E-state index contributed by atoms with van der Waals surface area (Å²) in [7, 11) is 0. The summed E-state index contributed by atoms with van der Waals surface area (Å²) in [6.07, 6.45) is 0. The number of aromatic amines is 1. The average Bonchev–Trinajstić information content (AvgIpc) is 2.65. The van der Waals surface area contributed by atoms with Gasteiger partial charge in [-0.05, 0) is 18.0 Å². The van der Waals surface area contributed by atoms with Crippen LogP contribution in [0.4, 0.5) is 0 Å². The number of hydrogen-bond donors (Lipinski definition) is 2. The summed E-state index contributed by atoms with van der Waals surface area (Å²) in [5.41, 5.74) is 0.979. The monoisotopic (exact) mass is 337 g/mol. The van der Waals surface area contributed by atoms with E-state index >= 15 is 0 Å². The molecule has 2 heterocycles. The largest absolute Gasteiger partial charge is 0.507 e. The number of nitrogens with one attached hydrogen (secondary N) is 1. The first-order valence-corrected chi connectivity index (χ1v) is 8.87. The van der Waals surface area contributed by atoms with Gasteiger partial charge in [0, 0.05) is 43.5 Å². The summed E-state index contributed by atoms with van der Waals surface area (Å²) in [4.78, 5) is 20.3. The molecule has 0 spiro atoms. The lowest BCUT2D eigenvalue weighted by molar-refractivity contribution is 0.131. The van der Waals surface area contributed by atoms with Gasteiger partial charge in [-0.25, -0.2) is 0 Å². The van der Waals surface area contributed by atoms with Crippen molar-refractivity contribution in [1.82, 2.24) is 14.8 Å². The number of aromatic hydroxyl groups is 1. The Morgan fingerprint density at radius 1 is 1.00 bits per heavy atom. The Morgan fingerprint density at radius 2 is 1.72 bits per heavy atom. The van der Waals surface area contributed by atoms with Gasteiger partial charge in [0.25, 0.3) is 5.56 Å². The van der Waals surface area contributed by atoms with E-state index in [1.807, 2.05) is 36.4 Å². The molecule has 2 aromatic carbocycles. The van der Waals surface area contributed by atoms with Crippen LogP contribution in [-0.4, -0.2) is 52.6 Å². The number of pyridine rings is 1. The maximum atomic E-state index is 12.6. The Morgan fingerprint density at radius 3 is 2.48 bits per heavy atom. The Kier molecular flexibility index (Phi) is 4.19. The summed E-state index contributed by atoms with van der Waals surface area (Å²) in [6, 6.07) is 11.8. The number of piperazine rings is 1. The first-order valence-electron chi connectivity index (χ1n) is 8.87. The third-order valence-corrected chi connectivity index (χ3v) is 5.28. The van der Waals surface area contributed by atoms with Gasteiger partial charge in [-0.3, -0.25) is 9.69 Å². The first-order chi connectivity index (χ1) is 12.2. The number of nitrogens with zero attached hydrogens (tertiary/aromatic N) is 2. The predicted octanol–water partition coefficient (Wildman–Crippen LogP) is 2.52. The van der Waals surface area contributed by atoms with E-state index in [9.17, 15) is 9.90 Å². The molecule has 0 radical (unpaired) electrons. The van der Waals surface area contributed by atoms with Crippen LogP contribution in [0.15, 0.2) is 41.2 Å². The summed E-state index contributed by atoms with van der Waals surface area (Å²) in [5, 5.41) is 13.5. The highest BCUT2D eigenvalue weighted by Crippen LogP contribution is 2.30. The van der Waals surface area contributed by atoms with Gasteiger partial charge in [-0.15, -0.1) is 0 Å². The van der Waals surface area contributed by atoms with Crippen LogP contribution in [0, 0.1) is 0 Å². The molecule has 1 aliphatic heterocycles. The van der Waals surface area contributed by atoms with Crippen LogP contribution in [-0.2, 0) is 6.54 Å². The van der Waals surface area contributed by atoms with Crippen LogP contribution in [0.3, 0.4) is 0 Å². The van der Waals surface area contributed by atoms with E-state index in [-0.39, 0.29) is 11.3 Å². The van der Waals surface area contributed by atoms with E-state index in [1.165, 1.54) is 0 Å². The van der Waals surface area contributed by atoms with Gasteiger partial charge in [0.15, 0.2) is 0 Å². The van der Waals surface area contributed by atoms with Crippen molar-refractivity contribution < 1.29 is 5.11 Å². The minimum absolute atomic E-state index is 0.113. The minimum atomic E-state index is -0.195. The molecule has 0 amide bonds. The summed E-state index contributed by atoms with van der Waals surface area (Å²) < 4.78 is 0. The molecule has 0 saturated carbocycles. The van der Waals surface area contributed by atoms with Gasteiger partial charge in [0.05, 0.1) is 11.1 Å². The van der Waals surface area contributed by atoms with Crippen molar-refractivity contribution in [3.63, 3.8) is 0 Å². The van der Waals surface area contributed by atoms with Crippen molar-refractivity contribution in [2.24, 2.45) is 0 Å². The zero-order valence-corrected chi connectivity index (χ0v) is 14.5. The fourth-order valence-electron chi connectivity index (χ4n) is 3.70. The normalized spacial score (nSPS) is 16.7. The van der Waals surface area contributed by atoms with Crippen molar-refractivity contribution in [2.45, 2.75) is 13.5 Å². The second kappa shape index (κ2) is 6.50. The van der Waals surface area contributed by atoms with Gasteiger partial charge in [0.2, 0.25) is 0 Å². The van der Waals surface area contributed by atoms with Crippen molar-refractivity contribution in [3.05, 3.63) is 52.3 Å². The standard InChI is InChI=1S/C20H23N3O2/c1-2-22-9-11-23(12-10-22)13-17-19(24)16-8-7-14-5-3-4-6-15(14)18(16)21-20(17)25/h3-8H,2,9-13H2,1H3,(H2,21,24,25). The van der Waals surface area contributed by atoms with Gasteiger partial charge in [-0.1, -0.05) is 37.3 Å². The summed E-state index contributed by atoms with van der Waals surface area (Å²) in [6.45, 7) is 7.57. The number of rotatable bonds is 3. The number of aromatic nitrogens is 1. The lowest BCUT2D eigenvalue weighted by Crippen LogP contribution is -2.46. The van der Waals surface area contributed by atoms with Crippen LogP contribution < -0.4 is 5.56 Å². The molecule has 3 aromatic rings. The molecular weight excluding hydrogens is 314 g/mol. The number of benzene rings is 2. The van der Waals surface area contributed by atoms with Crippen molar-refractivity contribution in [3.8, 4) is 5.75 Å². The number of H-pyrrole nitrogens is 1. The molecule has 1 aromatic heterocycles. The SMILES string of the molecule is CCN1CCN(Cc2c(O)c3ccc4ccccc4c3[nH]c2=O)CC1. The van der Waals surface area contributed by atoms with E-state index in [1.54, 1.807) is 0 Å². The highest BCUT2D eigenvalue weighted by Gasteiger charge is 2.20. The Hall–Kier alpha value is -2.37. The van der Waals surface area contributed by atoms with E-state index in [0.717, 1.165) is 43.5 Å². The van der Waals surface area contributed by atoms with Crippen molar-refractivity contribution in [2.75, 3.05) is 32.7 Å². The lowest BCUT2D eigenvalue weighted by atomic mass is 10.0. The molecule has 25 heavy (non-hydrogen) atoms. The summed E-state index contributed by atoms with van der Waals surface area (Å²) >= 11 is 0. The van der Waals surface area contributed by atoms with Crippen LogP contribution in [0.1, 0.15) is 12.5 Å². The fourth-order valence-corrected chi connectivity index (χ4v) is 3.70. The summed E-state index contributed by atoms with van der Waals surface area (Å²) in [5.74, 6) is 0.113. The van der Waals surface area contributed by atoms with Crippen molar-refractivity contribution in [1.29, 1.82) is 0 Å². The van der Waals surface area contributed by atoms with Crippen LogP contribution in [0.2, 0.25) is 0 Å². The molecule has 0 unspecified atom stereocenters. The quantitative estimate of drug-likeness (QED) is 0.721. The molecule has 1 aliphatic rings. The molecule has 5 nitrogen and oxygen atoms in total. The topological polar surface area (TPSA) is 59.6 Å². The molecule has 0 bridgehead atoms. The van der Waals surface area contributed by atoms with Crippen LogP contribution in [0.5, 0.6) is 5.75 Å². The van der Waals surface area contributed by atoms with Crippen molar-refractivity contribution >= 4 is 21.7 Å². The third-order valence-electron chi connectivity index (χ3n) is 5.28. The molecular formula is C20H23N3O2. The molecule has 0 atom stereocenters. The van der Waals surface area contributed by atoms with E-state index in [0.29, 0.717) is 23.0 Å². The Balaban J connectivity index is 1.73. The highest BCUT2D eigenvalue weighted by atomic mass is 16.3. The lowest BCUT2D eigenvalue weighted by Gasteiger charge is -2.33. The maximum absolute atomic E-state index is 12.6. The molecule has 4 rings (SSSR count). The van der Waals surface area contributed by atoms with E-state index in [4.69, 9.17) is 0 Å². The number of fused-ring (bicyclic) bond motifs is 3. The molecule has 1 fully saturated rings. The predicted molar refractivity (Wildman–Crippen MR) is 101 cm³/mol. The maximum Gasteiger partial charge on any atom is 0.256 e. The average molecular weight is 337 g/mol. The van der Waals surface area contributed by atoms with E-state index < -0.39 is 0 Å². The smallest absolute Gasteiger partial charge is 0.256 e. The zero-order valence-electron chi connectivity index (χ0n) is 14.5. The first kappa shape index (κ1) is 16.1. The molecule has 130 valence electrons. The van der Waals surface area contributed by atoms with Gasteiger partial charge in [0.1, 0.15) is 5.75 Å². The zero-order chi connectivity index (χ0) is 17.4. The number of hydrogen-bond acceptors (Lipinski definition) is 4. The number of likely N-dealkylation sites (N-methyl/N-ethyl adjacent to an activating group) is 1. The van der Waals surface area contributed by atoms with Gasteiger partial charge in [-0.2, -0.15) is 0 Å². The van der Waals surface area contributed by atoms with Gasteiger partial charge >= 0.3 is 0 Å². The Labute approximate surface area is 146 Å². The second-order valence-electron chi connectivity index (χ2n) is 6.70. The van der Waals surface area contributed by atoms with Crippen LogP contribution >= 0.6 is 0 Å². The molecule has 0 aliphatic carbocycles. The molecule has 1 saturated heterocycles. The van der Waals surface area contributed by atoms with E-state index in [2.05, 4.69) is 21.7 Å². The molecule has 5 heteroatoms. The third kappa shape index (κ3) is 2.90. The second-order valence-corrected chi connectivity index (χ2v) is 6.70. The minimum Gasteiger partial charge on any atom is -0.507 e. The van der Waals surface area contributed by atoms with Crippen LogP contribution in [0.25, 0.3) is 21.7 Å². The van der Waals surface area contributed by atoms with Gasteiger partial charge < -0.3 is 15.0 Å². The Bertz CT molecular complexity index is 972. The molecule has 2 N–H and O–H groups in total.